The Morgan fingerprint density at radius 2 is 1.89 bits per heavy atom. The van der Waals surface area contributed by atoms with Gasteiger partial charge in [-0.15, -0.1) is 0 Å². The second kappa shape index (κ2) is 9.58. The van der Waals surface area contributed by atoms with Crippen LogP contribution in [0, 0.1) is 12.7 Å². The summed E-state index contributed by atoms with van der Waals surface area (Å²) in [6.45, 7) is 3.29. The zero-order chi connectivity index (χ0) is 25.3. The number of aryl methyl sites for hydroxylation is 1. The molecule has 2 aromatic heterocycles. The Morgan fingerprint density at radius 3 is 2.69 bits per heavy atom. The molecule has 1 aliphatic heterocycles. The quantitative estimate of drug-likeness (QED) is 0.332. The van der Waals surface area contributed by atoms with Crippen LogP contribution in [-0.4, -0.2) is 42.0 Å². The summed E-state index contributed by atoms with van der Waals surface area (Å²) in [6.07, 6.45) is 3.08. The number of hydrogen-bond acceptors (Lipinski definition) is 5. The highest BCUT2D eigenvalue weighted by atomic mass is 19.1. The van der Waals surface area contributed by atoms with Gasteiger partial charge in [0.05, 0.1) is 5.39 Å². The number of carbonyl (C=O) groups excluding carboxylic acids is 2. The molecule has 2 amide bonds. The van der Waals surface area contributed by atoms with Crippen LogP contribution in [0.2, 0.25) is 0 Å². The van der Waals surface area contributed by atoms with E-state index < -0.39 is 11.4 Å². The van der Waals surface area contributed by atoms with E-state index in [1.807, 2.05) is 13.1 Å². The average Bonchev–Trinajstić information content (AvgIpc) is 3.26. The molecule has 2 aromatic carbocycles. The number of benzene rings is 2. The van der Waals surface area contributed by atoms with Gasteiger partial charge in [0.25, 0.3) is 5.91 Å². The lowest BCUT2D eigenvalue weighted by atomic mass is 9.87. The molecule has 36 heavy (non-hydrogen) atoms. The number of H-pyrrole nitrogens is 1. The first-order valence-corrected chi connectivity index (χ1v) is 12.0. The van der Waals surface area contributed by atoms with Gasteiger partial charge in [-0.3, -0.25) is 14.4 Å². The number of aromatic nitrogens is 1. The number of amides is 2. The lowest BCUT2D eigenvalue weighted by Crippen LogP contribution is -2.63. The lowest BCUT2D eigenvalue weighted by molar-refractivity contribution is -0.128. The average molecular weight is 491 g/mol. The van der Waals surface area contributed by atoms with E-state index in [2.05, 4.69) is 20.9 Å². The normalized spacial score (nSPS) is 15.2. The Morgan fingerprint density at radius 1 is 1.08 bits per heavy atom. The maximum absolute atomic E-state index is 13.7. The fourth-order valence-electron chi connectivity index (χ4n) is 4.76. The van der Waals surface area contributed by atoms with E-state index >= 15 is 0 Å². The first-order valence-electron chi connectivity index (χ1n) is 12.0. The predicted molar refractivity (Wildman–Crippen MR) is 134 cm³/mol. The topological polar surface area (TPSA) is 116 Å². The van der Waals surface area contributed by atoms with Crippen molar-refractivity contribution in [3.63, 3.8) is 0 Å². The molecule has 4 N–H and O–H groups in total. The zero-order valence-corrected chi connectivity index (χ0v) is 19.9. The predicted octanol–water partition coefficient (Wildman–Crippen LogP) is 2.93. The van der Waals surface area contributed by atoms with Crippen LogP contribution in [0.1, 0.15) is 34.5 Å². The molecule has 1 saturated heterocycles. The number of nitrogens with one attached hydrogen (secondary N) is 4. The van der Waals surface area contributed by atoms with Gasteiger partial charge in [-0.25, -0.2) is 4.39 Å². The van der Waals surface area contributed by atoms with Gasteiger partial charge in [-0.05, 0) is 75.2 Å². The Balaban J connectivity index is 1.32. The van der Waals surface area contributed by atoms with Crippen LogP contribution < -0.4 is 21.4 Å². The highest BCUT2D eigenvalue weighted by Gasteiger charge is 2.41. The largest absolute Gasteiger partial charge is 0.451 e. The SMILES string of the molecule is Cc1ccc2oc(C(=O)NC3(C(=O)NCCc4c[nH]c5ccc(F)cc45)CCNCC3)cc(=O)c2c1. The standard InChI is InChI=1S/C27H27FN4O4/c1-16-2-5-23-20(12-16)22(33)14-24(36-23)25(34)32-27(7-10-29-11-8-27)26(35)30-9-6-17-15-31-21-4-3-18(28)13-19(17)21/h2-5,12-15,29,31H,6-11H2,1H3,(H,30,35)(H,32,34). The Hall–Kier alpha value is -3.98. The van der Waals surface area contributed by atoms with Gasteiger partial charge in [-0.2, -0.15) is 0 Å². The minimum Gasteiger partial charge on any atom is -0.451 e. The third-order valence-electron chi connectivity index (χ3n) is 6.76. The molecule has 1 fully saturated rings. The number of carbonyl (C=O) groups is 2. The highest BCUT2D eigenvalue weighted by Crippen LogP contribution is 2.22. The van der Waals surface area contributed by atoms with Gasteiger partial charge in [0.15, 0.2) is 11.2 Å². The van der Waals surface area contributed by atoms with Crippen LogP contribution >= 0.6 is 0 Å². The first kappa shape index (κ1) is 23.7. The van der Waals surface area contributed by atoms with E-state index in [0.717, 1.165) is 22.0 Å². The summed E-state index contributed by atoms with van der Waals surface area (Å²) < 4.78 is 19.4. The molecule has 0 radical (unpaired) electrons. The van der Waals surface area contributed by atoms with Crippen LogP contribution in [0.15, 0.2) is 57.9 Å². The van der Waals surface area contributed by atoms with Crippen molar-refractivity contribution in [2.45, 2.75) is 31.7 Å². The van der Waals surface area contributed by atoms with E-state index in [1.165, 1.54) is 18.2 Å². The minimum absolute atomic E-state index is 0.136. The fourth-order valence-corrected chi connectivity index (χ4v) is 4.76. The molecule has 186 valence electrons. The van der Waals surface area contributed by atoms with Crippen LogP contribution in [0.3, 0.4) is 0 Å². The molecule has 9 heteroatoms. The van der Waals surface area contributed by atoms with Crippen molar-refractivity contribution in [3.05, 3.63) is 81.6 Å². The molecular formula is C27H27FN4O4. The fraction of sp³-hybridized carbons (Fsp3) is 0.296. The van der Waals surface area contributed by atoms with E-state index in [1.54, 1.807) is 24.3 Å². The lowest BCUT2D eigenvalue weighted by Gasteiger charge is -2.36. The van der Waals surface area contributed by atoms with Crippen LogP contribution in [0.5, 0.6) is 0 Å². The molecule has 1 aliphatic rings. The van der Waals surface area contributed by atoms with Crippen LogP contribution in [0.4, 0.5) is 4.39 Å². The highest BCUT2D eigenvalue weighted by molar-refractivity contribution is 5.98. The molecule has 3 heterocycles. The van der Waals surface area contributed by atoms with Crippen molar-refractivity contribution >= 4 is 33.7 Å². The van der Waals surface area contributed by atoms with Crippen LogP contribution in [-0.2, 0) is 11.2 Å². The van der Waals surface area contributed by atoms with E-state index in [4.69, 9.17) is 4.42 Å². The molecule has 4 aromatic rings. The van der Waals surface area contributed by atoms with E-state index in [-0.39, 0.29) is 22.9 Å². The number of aromatic amines is 1. The van der Waals surface area contributed by atoms with Crippen molar-refractivity contribution in [3.8, 4) is 0 Å². The van der Waals surface area contributed by atoms with Gasteiger partial charge < -0.3 is 25.4 Å². The van der Waals surface area contributed by atoms with Crippen molar-refractivity contribution in [2.24, 2.45) is 0 Å². The monoisotopic (exact) mass is 490 g/mol. The number of fused-ring (bicyclic) bond motifs is 2. The molecule has 5 rings (SSSR count). The molecular weight excluding hydrogens is 463 g/mol. The van der Waals surface area contributed by atoms with Gasteiger partial charge in [0.2, 0.25) is 5.91 Å². The van der Waals surface area contributed by atoms with E-state index in [0.29, 0.717) is 49.9 Å². The summed E-state index contributed by atoms with van der Waals surface area (Å²) in [5.74, 6) is -1.37. The second-order valence-corrected chi connectivity index (χ2v) is 9.27. The summed E-state index contributed by atoms with van der Waals surface area (Å²) in [5.41, 5.74) is 1.49. The number of piperidine rings is 1. The summed E-state index contributed by atoms with van der Waals surface area (Å²) in [6, 6.07) is 10.9. The summed E-state index contributed by atoms with van der Waals surface area (Å²) in [7, 11) is 0. The molecule has 0 atom stereocenters. The first-order chi connectivity index (χ1) is 17.3. The second-order valence-electron chi connectivity index (χ2n) is 9.27. The number of halogens is 1. The Bertz CT molecular complexity index is 1520. The minimum atomic E-state index is -1.14. The smallest absolute Gasteiger partial charge is 0.288 e. The van der Waals surface area contributed by atoms with Gasteiger partial charge in [-0.1, -0.05) is 11.6 Å². The summed E-state index contributed by atoms with van der Waals surface area (Å²) in [5, 5.41) is 10.2. The molecule has 0 spiro atoms. The van der Waals surface area contributed by atoms with Crippen molar-refractivity contribution in [1.29, 1.82) is 0 Å². The third kappa shape index (κ3) is 4.61. The maximum atomic E-state index is 13.7. The number of rotatable bonds is 6. The van der Waals surface area contributed by atoms with Gasteiger partial charge in [0.1, 0.15) is 16.9 Å². The van der Waals surface area contributed by atoms with Gasteiger partial charge >= 0.3 is 0 Å². The number of hydrogen-bond donors (Lipinski definition) is 4. The zero-order valence-electron chi connectivity index (χ0n) is 19.9. The molecule has 8 nitrogen and oxygen atoms in total. The Labute approximate surface area is 206 Å². The summed E-state index contributed by atoms with van der Waals surface area (Å²) in [4.78, 5) is 42.2. The van der Waals surface area contributed by atoms with E-state index in [9.17, 15) is 18.8 Å². The molecule has 0 unspecified atom stereocenters. The van der Waals surface area contributed by atoms with Crippen molar-refractivity contribution in [2.75, 3.05) is 19.6 Å². The molecule has 0 aliphatic carbocycles. The Kier molecular flexibility index (Phi) is 6.32. The van der Waals surface area contributed by atoms with Crippen molar-refractivity contribution < 1.29 is 18.4 Å². The third-order valence-corrected chi connectivity index (χ3v) is 6.76. The van der Waals surface area contributed by atoms with Crippen LogP contribution in [0.25, 0.3) is 21.9 Å². The summed E-state index contributed by atoms with van der Waals surface area (Å²) >= 11 is 0. The molecule has 0 bridgehead atoms. The maximum Gasteiger partial charge on any atom is 0.288 e. The van der Waals surface area contributed by atoms with Gasteiger partial charge in [0, 0.05) is 29.7 Å². The van der Waals surface area contributed by atoms with Crippen molar-refractivity contribution in [1.82, 2.24) is 20.9 Å². The molecule has 0 saturated carbocycles.